The largest absolute Gasteiger partial charge is 0.268 e. The summed E-state index contributed by atoms with van der Waals surface area (Å²) in [7, 11) is 0. The van der Waals surface area contributed by atoms with Crippen LogP contribution >= 0.6 is 0 Å². The van der Waals surface area contributed by atoms with Crippen LogP contribution in [0.3, 0.4) is 0 Å². The summed E-state index contributed by atoms with van der Waals surface area (Å²) in [4.78, 5) is 4.25. The first-order valence-electron chi connectivity index (χ1n) is 8.38. The predicted octanol–water partition coefficient (Wildman–Crippen LogP) is 4.97. The van der Waals surface area contributed by atoms with E-state index in [1.54, 1.807) is 0 Å². The number of rotatable bonds is 4. The summed E-state index contributed by atoms with van der Waals surface area (Å²) in [6.07, 6.45) is 5.78. The summed E-state index contributed by atoms with van der Waals surface area (Å²) in [6, 6.07) is 23.1. The Morgan fingerprint density at radius 1 is 0.800 bits per heavy atom. The summed E-state index contributed by atoms with van der Waals surface area (Å²) < 4.78 is 1.96. The molecular weight excluding hydrogens is 306 g/mol. The van der Waals surface area contributed by atoms with Gasteiger partial charge in [-0.1, -0.05) is 54.6 Å². The van der Waals surface area contributed by atoms with Crippen LogP contribution in [0.25, 0.3) is 22.4 Å². The standard InChI is InChI=1S/C22H19N3/c1-17-12-18(15-23-14-17)16-25-11-10-22(24-25)21-9-5-8-20(13-21)19-6-3-2-4-7-19/h2-15H,16H2,1H3. The molecule has 0 radical (unpaired) electrons. The molecule has 0 bridgehead atoms. The van der Waals surface area contributed by atoms with E-state index in [2.05, 4.69) is 72.6 Å². The van der Waals surface area contributed by atoms with Gasteiger partial charge in [0.15, 0.2) is 0 Å². The normalized spacial score (nSPS) is 10.8. The molecule has 0 saturated heterocycles. The van der Waals surface area contributed by atoms with Crippen molar-refractivity contribution in [3.8, 4) is 22.4 Å². The van der Waals surface area contributed by atoms with E-state index in [9.17, 15) is 0 Å². The van der Waals surface area contributed by atoms with Gasteiger partial charge in [-0.3, -0.25) is 9.67 Å². The Kier molecular flexibility index (Phi) is 4.13. The highest BCUT2D eigenvalue weighted by atomic mass is 15.3. The van der Waals surface area contributed by atoms with Crippen LogP contribution in [-0.4, -0.2) is 14.8 Å². The van der Waals surface area contributed by atoms with Crippen LogP contribution in [0.5, 0.6) is 0 Å². The highest BCUT2D eigenvalue weighted by molar-refractivity contribution is 5.71. The molecule has 0 unspecified atom stereocenters. The lowest BCUT2D eigenvalue weighted by molar-refractivity contribution is 0.687. The van der Waals surface area contributed by atoms with Gasteiger partial charge in [-0.2, -0.15) is 5.10 Å². The second-order valence-electron chi connectivity index (χ2n) is 6.22. The molecule has 0 N–H and O–H groups in total. The van der Waals surface area contributed by atoms with Crippen LogP contribution in [-0.2, 0) is 6.54 Å². The maximum atomic E-state index is 4.73. The van der Waals surface area contributed by atoms with E-state index in [-0.39, 0.29) is 0 Å². The molecule has 0 amide bonds. The lowest BCUT2D eigenvalue weighted by Gasteiger charge is -2.05. The number of benzene rings is 2. The second-order valence-corrected chi connectivity index (χ2v) is 6.22. The average molecular weight is 325 g/mol. The first-order chi connectivity index (χ1) is 12.3. The molecule has 0 saturated carbocycles. The van der Waals surface area contributed by atoms with Gasteiger partial charge in [0.05, 0.1) is 12.2 Å². The van der Waals surface area contributed by atoms with Crippen molar-refractivity contribution in [2.45, 2.75) is 13.5 Å². The minimum atomic E-state index is 0.729. The lowest BCUT2D eigenvalue weighted by Crippen LogP contribution is -2.01. The van der Waals surface area contributed by atoms with Crippen molar-refractivity contribution in [1.82, 2.24) is 14.8 Å². The van der Waals surface area contributed by atoms with Gasteiger partial charge in [0.1, 0.15) is 0 Å². The molecule has 0 aliphatic rings. The number of hydrogen-bond donors (Lipinski definition) is 0. The fourth-order valence-electron chi connectivity index (χ4n) is 2.98. The Hall–Kier alpha value is -3.20. The Morgan fingerprint density at radius 3 is 2.44 bits per heavy atom. The smallest absolute Gasteiger partial charge is 0.0923 e. The van der Waals surface area contributed by atoms with E-state index in [4.69, 9.17) is 5.10 Å². The van der Waals surface area contributed by atoms with Gasteiger partial charge >= 0.3 is 0 Å². The Labute approximate surface area is 147 Å². The molecule has 3 heteroatoms. The minimum absolute atomic E-state index is 0.729. The molecular formula is C22H19N3. The highest BCUT2D eigenvalue weighted by Gasteiger charge is 2.05. The summed E-state index contributed by atoms with van der Waals surface area (Å²) >= 11 is 0. The zero-order valence-corrected chi connectivity index (χ0v) is 14.1. The zero-order valence-electron chi connectivity index (χ0n) is 14.1. The van der Waals surface area contributed by atoms with Crippen LogP contribution in [0.2, 0.25) is 0 Å². The maximum Gasteiger partial charge on any atom is 0.0923 e. The molecule has 0 atom stereocenters. The van der Waals surface area contributed by atoms with Crippen molar-refractivity contribution in [3.63, 3.8) is 0 Å². The monoisotopic (exact) mass is 325 g/mol. The minimum Gasteiger partial charge on any atom is -0.268 e. The molecule has 2 aromatic carbocycles. The fourth-order valence-corrected chi connectivity index (χ4v) is 2.98. The molecule has 0 aliphatic heterocycles. The van der Waals surface area contributed by atoms with E-state index in [0.29, 0.717) is 0 Å². The molecule has 0 aliphatic carbocycles. The third-order valence-electron chi connectivity index (χ3n) is 4.18. The lowest BCUT2D eigenvalue weighted by atomic mass is 10.0. The van der Waals surface area contributed by atoms with E-state index in [1.165, 1.54) is 16.7 Å². The molecule has 2 aromatic heterocycles. The van der Waals surface area contributed by atoms with Crippen molar-refractivity contribution in [3.05, 3.63) is 96.4 Å². The van der Waals surface area contributed by atoms with Gasteiger partial charge in [0.2, 0.25) is 0 Å². The first kappa shape index (κ1) is 15.3. The van der Waals surface area contributed by atoms with Crippen LogP contribution in [0, 0.1) is 6.92 Å². The summed E-state index contributed by atoms with van der Waals surface area (Å²) in [6.45, 7) is 2.78. The van der Waals surface area contributed by atoms with Crippen molar-refractivity contribution in [2.75, 3.05) is 0 Å². The number of pyridine rings is 1. The topological polar surface area (TPSA) is 30.7 Å². The number of hydrogen-bond acceptors (Lipinski definition) is 2. The quantitative estimate of drug-likeness (QED) is 0.530. The van der Waals surface area contributed by atoms with Crippen LogP contribution in [0.15, 0.2) is 85.3 Å². The van der Waals surface area contributed by atoms with Gasteiger partial charge in [-0.25, -0.2) is 0 Å². The first-order valence-corrected chi connectivity index (χ1v) is 8.38. The van der Waals surface area contributed by atoms with E-state index in [0.717, 1.165) is 23.4 Å². The highest BCUT2D eigenvalue weighted by Crippen LogP contribution is 2.25. The third-order valence-corrected chi connectivity index (χ3v) is 4.18. The summed E-state index contributed by atoms with van der Waals surface area (Å²) in [5, 5.41) is 4.73. The van der Waals surface area contributed by atoms with Crippen LogP contribution in [0.1, 0.15) is 11.1 Å². The third kappa shape index (κ3) is 3.50. The van der Waals surface area contributed by atoms with Gasteiger partial charge < -0.3 is 0 Å². The summed E-state index contributed by atoms with van der Waals surface area (Å²) in [5.74, 6) is 0. The van der Waals surface area contributed by atoms with Crippen molar-refractivity contribution in [1.29, 1.82) is 0 Å². The molecule has 4 rings (SSSR count). The van der Waals surface area contributed by atoms with Gasteiger partial charge in [-0.15, -0.1) is 0 Å². The maximum absolute atomic E-state index is 4.73. The molecule has 3 nitrogen and oxygen atoms in total. The SMILES string of the molecule is Cc1cncc(Cn2ccc(-c3cccc(-c4ccccc4)c3)n2)c1. The van der Waals surface area contributed by atoms with Crippen molar-refractivity contribution >= 4 is 0 Å². The van der Waals surface area contributed by atoms with Crippen LogP contribution < -0.4 is 0 Å². The van der Waals surface area contributed by atoms with Gasteiger partial charge in [0, 0.05) is 24.2 Å². The average Bonchev–Trinajstić information content (AvgIpc) is 3.11. The van der Waals surface area contributed by atoms with Gasteiger partial charge in [0.25, 0.3) is 0 Å². The van der Waals surface area contributed by atoms with E-state index >= 15 is 0 Å². The number of aryl methyl sites for hydroxylation is 1. The predicted molar refractivity (Wildman–Crippen MR) is 101 cm³/mol. The van der Waals surface area contributed by atoms with E-state index < -0.39 is 0 Å². The van der Waals surface area contributed by atoms with Gasteiger partial charge in [-0.05, 0) is 41.3 Å². The molecule has 0 fully saturated rings. The van der Waals surface area contributed by atoms with E-state index in [1.807, 2.05) is 29.3 Å². The number of aromatic nitrogens is 3. The molecule has 25 heavy (non-hydrogen) atoms. The molecule has 2 heterocycles. The summed E-state index contributed by atoms with van der Waals surface area (Å²) in [5.41, 5.74) is 6.86. The molecule has 4 aromatic rings. The Bertz CT molecular complexity index is 987. The Balaban J connectivity index is 1.60. The molecule has 122 valence electrons. The fraction of sp³-hybridized carbons (Fsp3) is 0.0909. The van der Waals surface area contributed by atoms with Crippen molar-refractivity contribution < 1.29 is 0 Å². The van der Waals surface area contributed by atoms with Crippen molar-refractivity contribution in [2.24, 2.45) is 0 Å². The van der Waals surface area contributed by atoms with Crippen LogP contribution in [0.4, 0.5) is 0 Å². The Morgan fingerprint density at radius 2 is 1.60 bits per heavy atom. The molecule has 0 spiro atoms. The second kappa shape index (κ2) is 6.73. The zero-order chi connectivity index (χ0) is 17.1. The number of nitrogens with zero attached hydrogens (tertiary/aromatic N) is 3.